The molecule has 230 valence electrons. The second-order valence-corrected chi connectivity index (χ2v) is 13.9. The van der Waals surface area contributed by atoms with Gasteiger partial charge >= 0.3 is 12.4 Å². The Labute approximate surface area is 247 Å². The minimum atomic E-state index is -4.83. The van der Waals surface area contributed by atoms with Crippen LogP contribution in [0.1, 0.15) is 55.5 Å². The summed E-state index contributed by atoms with van der Waals surface area (Å²) in [6.07, 6.45) is -5.87. The molecule has 1 fully saturated rings. The van der Waals surface area contributed by atoms with Crippen LogP contribution in [0.2, 0.25) is 10.0 Å². The lowest BCUT2D eigenvalue weighted by Gasteiger charge is -2.27. The molecule has 1 heterocycles. The quantitative estimate of drug-likeness (QED) is 0.243. The lowest BCUT2D eigenvalue weighted by molar-refractivity contribution is -0.147. The summed E-state index contributed by atoms with van der Waals surface area (Å²) in [6, 6.07) is -0.0755. The molecule has 2 aromatic rings. The number of thiazole rings is 1. The molecule has 0 spiro atoms. The van der Waals surface area contributed by atoms with Gasteiger partial charge in [-0.1, -0.05) is 48.5 Å². The van der Waals surface area contributed by atoms with Gasteiger partial charge in [0.25, 0.3) is 5.91 Å². The first kappa shape index (κ1) is 33.8. The van der Waals surface area contributed by atoms with E-state index in [4.69, 9.17) is 23.2 Å². The van der Waals surface area contributed by atoms with Crippen LogP contribution in [0.15, 0.2) is 17.0 Å². The average molecular weight is 670 g/mol. The van der Waals surface area contributed by atoms with Crippen LogP contribution in [-0.2, 0) is 16.4 Å². The third-order valence-electron chi connectivity index (χ3n) is 6.46. The molecule has 3 N–H and O–H groups in total. The average Bonchev–Trinajstić information content (AvgIpc) is 3.23. The second-order valence-electron chi connectivity index (χ2n) is 10.5. The van der Waals surface area contributed by atoms with Crippen LogP contribution in [-0.4, -0.2) is 56.3 Å². The van der Waals surface area contributed by atoms with Crippen LogP contribution in [0.5, 0.6) is 0 Å². The number of hydrogen-bond donors (Lipinski definition) is 3. The van der Waals surface area contributed by atoms with E-state index < -0.39 is 56.3 Å². The maximum Gasteiger partial charge on any atom is 0.404 e. The Morgan fingerprint density at radius 1 is 1.10 bits per heavy atom. The molecule has 1 unspecified atom stereocenters. The van der Waals surface area contributed by atoms with Crippen LogP contribution in [0.25, 0.3) is 10.4 Å². The number of nitrogens with zero attached hydrogens (tertiary/aromatic N) is 1. The molecule has 1 saturated carbocycles. The van der Waals surface area contributed by atoms with Crippen LogP contribution >= 0.6 is 34.5 Å². The topological polar surface area (TPSA) is 100 Å². The number of carbonyl (C=O) groups is 1. The van der Waals surface area contributed by atoms with Gasteiger partial charge in [-0.3, -0.25) is 4.79 Å². The van der Waals surface area contributed by atoms with E-state index >= 15 is 0 Å². The van der Waals surface area contributed by atoms with Crippen LogP contribution in [0.4, 0.5) is 26.3 Å². The molecule has 41 heavy (non-hydrogen) atoms. The summed E-state index contributed by atoms with van der Waals surface area (Å²) < 4.78 is 103. The van der Waals surface area contributed by atoms with Crippen LogP contribution in [0.3, 0.4) is 0 Å². The lowest BCUT2D eigenvalue weighted by atomic mass is 9.82. The Morgan fingerprint density at radius 2 is 1.73 bits per heavy atom. The Balaban J connectivity index is 1.90. The zero-order valence-electron chi connectivity index (χ0n) is 22.1. The van der Waals surface area contributed by atoms with Gasteiger partial charge in [-0.05, 0) is 39.2 Å². The van der Waals surface area contributed by atoms with Gasteiger partial charge in [0.1, 0.15) is 10.9 Å². The number of nitrogens with one attached hydrogen (secondary N) is 3. The molecule has 0 bridgehead atoms. The monoisotopic (exact) mass is 668 g/mol. The third kappa shape index (κ3) is 8.92. The van der Waals surface area contributed by atoms with Crippen molar-refractivity contribution in [3.63, 3.8) is 0 Å². The van der Waals surface area contributed by atoms with Crippen molar-refractivity contribution in [2.75, 3.05) is 13.1 Å². The number of benzene rings is 1. The number of hydrogen-bond acceptors (Lipinski definition) is 6. The first-order valence-corrected chi connectivity index (χ1v) is 15.4. The molecule has 1 amide bonds. The highest BCUT2D eigenvalue weighted by atomic mass is 35.5. The number of amides is 1. The molecule has 3 rings (SSSR count). The van der Waals surface area contributed by atoms with Crippen LogP contribution < -0.4 is 15.4 Å². The Kier molecular flexibility index (Phi) is 10.3. The summed E-state index contributed by atoms with van der Waals surface area (Å²) in [5.74, 6) is -0.344. The summed E-state index contributed by atoms with van der Waals surface area (Å²) >= 11 is 13.6. The van der Waals surface area contributed by atoms with Gasteiger partial charge in [0.15, 0.2) is 5.01 Å². The number of alkyl halides is 6. The Bertz CT molecular complexity index is 1380. The van der Waals surface area contributed by atoms with Crippen molar-refractivity contribution in [3.05, 3.63) is 32.9 Å². The van der Waals surface area contributed by atoms with Crippen molar-refractivity contribution >= 4 is 50.5 Å². The zero-order valence-corrected chi connectivity index (χ0v) is 25.2. The minimum Gasteiger partial charge on any atom is -0.348 e. The molecule has 1 aromatic heterocycles. The van der Waals surface area contributed by atoms with Crippen molar-refractivity contribution in [1.82, 2.24) is 20.3 Å². The van der Waals surface area contributed by atoms with E-state index in [0.717, 1.165) is 36.7 Å². The number of aromatic nitrogens is 1. The number of halogens is 8. The standard InChI is InChI=1S/C24H28Cl2F6N4O3S2/c1-12(24(30,31)32)36-41(38,39)16-8-7-14(17(25)18(16)26)19-15(9-13-5-4-6-13)35-21(40-19)20(37)33-10-22(2,3)34-11-23(27,28)29/h7-8,12-13,34,36H,4-6,9-11H2,1-3H3,(H,33,37). The Morgan fingerprint density at radius 3 is 2.27 bits per heavy atom. The number of sulfonamides is 1. The zero-order chi connectivity index (χ0) is 31.0. The first-order chi connectivity index (χ1) is 18.7. The SMILES string of the molecule is CC(NS(=O)(=O)c1ccc(-c2sc(C(=O)NCC(C)(C)NCC(F)(F)F)nc2CC2CCC2)c(Cl)c1Cl)C(F)(F)F. The van der Waals surface area contributed by atoms with E-state index in [1.807, 2.05) is 0 Å². The van der Waals surface area contributed by atoms with Gasteiger partial charge < -0.3 is 10.6 Å². The maximum atomic E-state index is 12.9. The highest BCUT2D eigenvalue weighted by Crippen LogP contribution is 2.43. The van der Waals surface area contributed by atoms with Crippen molar-refractivity contribution in [2.24, 2.45) is 5.92 Å². The number of carbonyl (C=O) groups excluding carboxylic acids is 1. The van der Waals surface area contributed by atoms with Crippen LogP contribution in [0, 0.1) is 5.92 Å². The van der Waals surface area contributed by atoms with Crippen molar-refractivity contribution in [3.8, 4) is 10.4 Å². The molecule has 1 aromatic carbocycles. The summed E-state index contributed by atoms with van der Waals surface area (Å²) in [4.78, 5) is 17.1. The molecule has 1 atom stereocenters. The molecule has 0 aliphatic heterocycles. The first-order valence-electron chi connectivity index (χ1n) is 12.4. The van der Waals surface area contributed by atoms with Gasteiger partial charge in [0.2, 0.25) is 10.0 Å². The van der Waals surface area contributed by atoms with E-state index in [1.54, 1.807) is 0 Å². The lowest BCUT2D eigenvalue weighted by Crippen LogP contribution is -2.51. The molecule has 0 saturated heterocycles. The fourth-order valence-electron chi connectivity index (χ4n) is 3.82. The number of rotatable bonds is 11. The fraction of sp³-hybridized carbons (Fsp3) is 0.583. The van der Waals surface area contributed by atoms with Gasteiger partial charge in [-0.2, -0.15) is 31.1 Å². The largest absolute Gasteiger partial charge is 0.404 e. The Hall–Kier alpha value is -1.65. The third-order valence-corrected chi connectivity index (χ3v) is 10.2. The predicted molar refractivity (Wildman–Crippen MR) is 145 cm³/mol. The van der Waals surface area contributed by atoms with E-state index in [1.165, 1.54) is 24.6 Å². The fourth-order valence-corrected chi connectivity index (χ4v) is 7.02. The molecule has 7 nitrogen and oxygen atoms in total. The van der Waals surface area contributed by atoms with E-state index in [0.29, 0.717) is 29.8 Å². The highest BCUT2D eigenvalue weighted by Gasteiger charge is 2.39. The van der Waals surface area contributed by atoms with Crippen molar-refractivity contribution in [1.29, 1.82) is 0 Å². The second kappa shape index (κ2) is 12.5. The highest BCUT2D eigenvalue weighted by molar-refractivity contribution is 7.89. The molecule has 17 heteroatoms. The minimum absolute atomic E-state index is 0.00509. The van der Waals surface area contributed by atoms with Gasteiger partial charge in [-0.15, -0.1) is 11.3 Å². The molecular formula is C24H28Cl2F6N4O3S2. The molecular weight excluding hydrogens is 641 g/mol. The van der Waals surface area contributed by atoms with Gasteiger partial charge in [-0.25, -0.2) is 13.4 Å². The molecule has 1 aliphatic rings. The maximum absolute atomic E-state index is 12.9. The van der Waals surface area contributed by atoms with E-state index in [-0.39, 0.29) is 22.1 Å². The van der Waals surface area contributed by atoms with Gasteiger partial charge in [0.05, 0.1) is 27.2 Å². The van der Waals surface area contributed by atoms with E-state index in [9.17, 15) is 39.6 Å². The summed E-state index contributed by atoms with van der Waals surface area (Å²) in [7, 11) is -4.70. The van der Waals surface area contributed by atoms with E-state index in [2.05, 4.69) is 15.6 Å². The summed E-state index contributed by atoms with van der Waals surface area (Å²) in [5, 5.41) is 4.16. The normalized spacial score (nSPS) is 16.0. The summed E-state index contributed by atoms with van der Waals surface area (Å²) in [5.41, 5.74) is -0.357. The van der Waals surface area contributed by atoms with Crippen molar-refractivity contribution in [2.45, 2.75) is 75.3 Å². The smallest absolute Gasteiger partial charge is 0.348 e. The van der Waals surface area contributed by atoms with Crippen molar-refractivity contribution < 1.29 is 39.6 Å². The summed E-state index contributed by atoms with van der Waals surface area (Å²) in [6.45, 7) is 2.26. The van der Waals surface area contributed by atoms with Gasteiger partial charge in [0, 0.05) is 17.6 Å². The molecule has 0 radical (unpaired) electrons. The molecule has 1 aliphatic carbocycles. The predicted octanol–water partition coefficient (Wildman–Crippen LogP) is 6.35.